The lowest BCUT2D eigenvalue weighted by atomic mass is 10.2. The molecule has 1 atom stereocenters. The number of nitrogens with one attached hydrogen (secondary N) is 1. The van der Waals surface area contributed by atoms with Crippen molar-refractivity contribution in [1.82, 2.24) is 10.2 Å². The van der Waals surface area contributed by atoms with Crippen molar-refractivity contribution in [3.63, 3.8) is 0 Å². The standard InChI is InChI=1S/C22H25ClN2O5/c1-4-29-17-11-9-16(10-12-17)13-25(3)20(26)14-30-22(28)15(2)24-21(27)18-7-5-6-8-19(18)23/h5-12,15H,4,13-14H2,1-3H3,(H,24,27). The zero-order valence-electron chi connectivity index (χ0n) is 17.2. The van der Waals surface area contributed by atoms with Gasteiger partial charge in [-0.1, -0.05) is 35.9 Å². The average Bonchev–Trinajstić information content (AvgIpc) is 2.73. The second-order valence-corrected chi connectivity index (χ2v) is 7.02. The van der Waals surface area contributed by atoms with Gasteiger partial charge in [-0.25, -0.2) is 4.79 Å². The van der Waals surface area contributed by atoms with E-state index in [0.717, 1.165) is 11.3 Å². The van der Waals surface area contributed by atoms with Crippen LogP contribution >= 0.6 is 11.6 Å². The molecule has 1 N–H and O–H groups in total. The molecule has 2 aromatic rings. The van der Waals surface area contributed by atoms with Crippen molar-refractivity contribution in [2.75, 3.05) is 20.3 Å². The highest BCUT2D eigenvalue weighted by molar-refractivity contribution is 6.33. The smallest absolute Gasteiger partial charge is 0.328 e. The number of carbonyl (C=O) groups excluding carboxylic acids is 3. The van der Waals surface area contributed by atoms with Crippen molar-refractivity contribution in [1.29, 1.82) is 0 Å². The third kappa shape index (κ3) is 6.77. The summed E-state index contributed by atoms with van der Waals surface area (Å²) in [5.74, 6) is -0.805. The molecule has 2 amide bonds. The minimum Gasteiger partial charge on any atom is -0.494 e. The summed E-state index contributed by atoms with van der Waals surface area (Å²) in [7, 11) is 1.62. The van der Waals surface area contributed by atoms with Crippen molar-refractivity contribution in [2.45, 2.75) is 26.4 Å². The van der Waals surface area contributed by atoms with Gasteiger partial charge in [-0.05, 0) is 43.7 Å². The molecule has 8 heteroatoms. The van der Waals surface area contributed by atoms with E-state index in [0.29, 0.717) is 13.2 Å². The molecule has 0 radical (unpaired) electrons. The highest BCUT2D eigenvalue weighted by atomic mass is 35.5. The lowest BCUT2D eigenvalue weighted by molar-refractivity contribution is -0.153. The number of halogens is 1. The van der Waals surface area contributed by atoms with E-state index in [1.54, 1.807) is 31.3 Å². The Balaban J connectivity index is 1.80. The van der Waals surface area contributed by atoms with Crippen LogP contribution in [0.1, 0.15) is 29.8 Å². The van der Waals surface area contributed by atoms with Gasteiger partial charge in [-0.3, -0.25) is 9.59 Å². The molecule has 0 fully saturated rings. The summed E-state index contributed by atoms with van der Waals surface area (Å²) in [6.07, 6.45) is 0. The van der Waals surface area contributed by atoms with Gasteiger partial charge in [0.25, 0.3) is 11.8 Å². The number of carbonyl (C=O) groups is 3. The van der Waals surface area contributed by atoms with E-state index in [9.17, 15) is 14.4 Å². The van der Waals surface area contributed by atoms with Crippen LogP contribution in [0.15, 0.2) is 48.5 Å². The van der Waals surface area contributed by atoms with E-state index in [1.165, 1.54) is 11.8 Å². The summed E-state index contributed by atoms with van der Waals surface area (Å²) >= 11 is 5.98. The van der Waals surface area contributed by atoms with Gasteiger partial charge in [0.05, 0.1) is 17.2 Å². The zero-order valence-corrected chi connectivity index (χ0v) is 17.9. The minimum atomic E-state index is -0.932. The number of esters is 1. The third-order valence-corrected chi connectivity index (χ3v) is 4.57. The van der Waals surface area contributed by atoms with Crippen LogP contribution in [0.25, 0.3) is 0 Å². The lowest BCUT2D eigenvalue weighted by Crippen LogP contribution is -2.41. The van der Waals surface area contributed by atoms with Gasteiger partial charge >= 0.3 is 5.97 Å². The minimum absolute atomic E-state index is 0.255. The predicted octanol–water partition coefficient (Wildman–Crippen LogP) is 3.06. The van der Waals surface area contributed by atoms with Crippen LogP contribution in [0, 0.1) is 0 Å². The Labute approximate surface area is 180 Å². The van der Waals surface area contributed by atoms with Gasteiger partial charge in [-0.2, -0.15) is 0 Å². The first-order valence-corrected chi connectivity index (χ1v) is 9.87. The zero-order chi connectivity index (χ0) is 22.1. The number of ether oxygens (including phenoxy) is 2. The molecule has 2 aromatic carbocycles. The number of amides is 2. The van der Waals surface area contributed by atoms with Crippen molar-refractivity contribution >= 4 is 29.4 Å². The number of hydrogen-bond acceptors (Lipinski definition) is 5. The topological polar surface area (TPSA) is 84.9 Å². The molecule has 0 saturated heterocycles. The van der Waals surface area contributed by atoms with Crippen LogP contribution in [0.5, 0.6) is 5.75 Å². The molecular formula is C22H25ClN2O5. The quantitative estimate of drug-likeness (QED) is 0.615. The average molecular weight is 433 g/mol. The van der Waals surface area contributed by atoms with Crippen LogP contribution < -0.4 is 10.1 Å². The normalized spacial score (nSPS) is 11.3. The fourth-order valence-electron chi connectivity index (χ4n) is 2.57. The Kier molecular flexibility index (Phi) is 8.68. The van der Waals surface area contributed by atoms with Crippen LogP contribution in [-0.2, 0) is 20.9 Å². The van der Waals surface area contributed by atoms with Gasteiger partial charge in [0.1, 0.15) is 11.8 Å². The summed E-state index contributed by atoms with van der Waals surface area (Å²) < 4.78 is 10.4. The van der Waals surface area contributed by atoms with Crippen LogP contribution in [0.2, 0.25) is 5.02 Å². The van der Waals surface area contributed by atoms with E-state index < -0.39 is 24.5 Å². The van der Waals surface area contributed by atoms with E-state index in [4.69, 9.17) is 21.1 Å². The molecule has 0 aromatic heterocycles. The fourth-order valence-corrected chi connectivity index (χ4v) is 2.79. The van der Waals surface area contributed by atoms with E-state index in [1.807, 2.05) is 31.2 Å². The van der Waals surface area contributed by atoms with Crippen molar-refractivity contribution < 1.29 is 23.9 Å². The van der Waals surface area contributed by atoms with Crippen molar-refractivity contribution in [2.24, 2.45) is 0 Å². The summed E-state index contributed by atoms with van der Waals surface area (Å²) in [5.41, 5.74) is 1.17. The number of likely N-dealkylation sites (N-methyl/N-ethyl adjacent to an activating group) is 1. The molecule has 160 valence electrons. The van der Waals surface area contributed by atoms with Crippen LogP contribution in [-0.4, -0.2) is 49.0 Å². The summed E-state index contributed by atoms with van der Waals surface area (Å²) in [6, 6.07) is 13.0. The molecule has 0 aliphatic rings. The lowest BCUT2D eigenvalue weighted by Gasteiger charge is -2.19. The Morgan fingerprint density at radius 1 is 1.10 bits per heavy atom. The van der Waals surface area contributed by atoms with E-state index in [-0.39, 0.29) is 16.5 Å². The molecule has 0 aliphatic carbocycles. The Bertz CT molecular complexity index is 885. The van der Waals surface area contributed by atoms with E-state index >= 15 is 0 Å². The maximum absolute atomic E-state index is 12.3. The number of nitrogens with zero attached hydrogens (tertiary/aromatic N) is 1. The molecule has 0 spiro atoms. The first-order valence-electron chi connectivity index (χ1n) is 9.49. The Hall–Kier alpha value is -3.06. The van der Waals surface area contributed by atoms with E-state index in [2.05, 4.69) is 5.32 Å². The molecular weight excluding hydrogens is 408 g/mol. The number of hydrogen-bond donors (Lipinski definition) is 1. The summed E-state index contributed by atoms with van der Waals surface area (Å²) in [4.78, 5) is 38.0. The van der Waals surface area contributed by atoms with Gasteiger partial charge in [0.15, 0.2) is 6.61 Å². The van der Waals surface area contributed by atoms with Crippen molar-refractivity contribution in [3.8, 4) is 5.75 Å². The number of rotatable bonds is 9. The van der Waals surface area contributed by atoms with Crippen LogP contribution in [0.3, 0.4) is 0 Å². The van der Waals surface area contributed by atoms with Crippen LogP contribution in [0.4, 0.5) is 0 Å². The second-order valence-electron chi connectivity index (χ2n) is 6.61. The molecule has 0 heterocycles. The second kappa shape index (κ2) is 11.2. The Morgan fingerprint density at radius 3 is 2.40 bits per heavy atom. The molecule has 1 unspecified atom stereocenters. The van der Waals surface area contributed by atoms with Crippen molar-refractivity contribution in [3.05, 3.63) is 64.7 Å². The molecule has 0 aliphatic heterocycles. The van der Waals surface area contributed by atoms with Gasteiger partial charge < -0.3 is 19.7 Å². The molecule has 7 nitrogen and oxygen atoms in total. The first-order chi connectivity index (χ1) is 14.3. The Morgan fingerprint density at radius 2 is 1.77 bits per heavy atom. The molecule has 0 bridgehead atoms. The molecule has 30 heavy (non-hydrogen) atoms. The first kappa shape index (κ1) is 23.2. The summed E-state index contributed by atoms with van der Waals surface area (Å²) in [5, 5.41) is 2.79. The molecule has 2 rings (SSSR count). The number of benzene rings is 2. The fraction of sp³-hybridized carbons (Fsp3) is 0.318. The monoisotopic (exact) mass is 432 g/mol. The largest absolute Gasteiger partial charge is 0.494 e. The molecule has 0 saturated carbocycles. The highest BCUT2D eigenvalue weighted by Gasteiger charge is 2.21. The summed E-state index contributed by atoms with van der Waals surface area (Å²) in [6.45, 7) is 3.91. The SMILES string of the molecule is CCOc1ccc(CN(C)C(=O)COC(=O)C(C)NC(=O)c2ccccc2Cl)cc1. The maximum atomic E-state index is 12.3. The van der Waals surface area contributed by atoms with Gasteiger partial charge in [0.2, 0.25) is 0 Å². The van der Waals surface area contributed by atoms with Gasteiger partial charge in [0, 0.05) is 13.6 Å². The maximum Gasteiger partial charge on any atom is 0.328 e. The third-order valence-electron chi connectivity index (χ3n) is 4.24. The van der Waals surface area contributed by atoms with Gasteiger partial charge in [-0.15, -0.1) is 0 Å². The predicted molar refractivity (Wildman–Crippen MR) is 113 cm³/mol. The highest BCUT2D eigenvalue weighted by Crippen LogP contribution is 2.15.